The van der Waals surface area contributed by atoms with E-state index in [0.29, 0.717) is 0 Å². The maximum absolute atomic E-state index is 13.2. The first kappa shape index (κ1) is 18.6. The molecule has 30 heavy (non-hydrogen) atoms. The Labute approximate surface area is 175 Å². The molecule has 2 aromatic rings. The number of amides is 1. The van der Waals surface area contributed by atoms with Gasteiger partial charge in [-0.15, -0.1) is 0 Å². The second kappa shape index (κ2) is 7.42. The van der Waals surface area contributed by atoms with Gasteiger partial charge >= 0.3 is 0 Å². The van der Waals surface area contributed by atoms with Crippen molar-refractivity contribution in [3.63, 3.8) is 0 Å². The molecule has 1 fully saturated rings. The molecule has 0 aromatic carbocycles. The number of hydrogen-bond acceptors (Lipinski definition) is 5. The van der Waals surface area contributed by atoms with Crippen molar-refractivity contribution >= 4 is 17.1 Å². The number of carbonyl (C=O) groups is 1. The molecule has 1 N–H and O–H groups in total. The van der Waals surface area contributed by atoms with Crippen molar-refractivity contribution in [2.45, 2.75) is 13.8 Å². The molecule has 5 rings (SSSR count). The summed E-state index contributed by atoms with van der Waals surface area (Å²) in [7, 11) is 0. The van der Waals surface area contributed by atoms with E-state index in [-0.39, 0.29) is 5.91 Å². The van der Waals surface area contributed by atoms with Crippen molar-refractivity contribution in [1.82, 2.24) is 29.5 Å². The first-order valence-electron chi connectivity index (χ1n) is 10.2. The number of nitrogens with one attached hydrogen (secondary N) is 1. The summed E-state index contributed by atoms with van der Waals surface area (Å²) < 4.78 is 1.97. The predicted molar refractivity (Wildman–Crippen MR) is 116 cm³/mol. The third-order valence-electron chi connectivity index (χ3n) is 5.53. The fourth-order valence-corrected chi connectivity index (χ4v) is 4.04. The van der Waals surface area contributed by atoms with Gasteiger partial charge in [0, 0.05) is 62.1 Å². The molecule has 1 saturated heterocycles. The zero-order valence-electron chi connectivity index (χ0n) is 17.2. The number of rotatable bonds is 2. The fourth-order valence-electron chi connectivity index (χ4n) is 4.04. The molecule has 0 bridgehead atoms. The topological polar surface area (TPSA) is 65.8 Å². The Hall–Kier alpha value is -3.45. The first-order chi connectivity index (χ1) is 14.6. The van der Waals surface area contributed by atoms with E-state index < -0.39 is 0 Å². The summed E-state index contributed by atoms with van der Waals surface area (Å²) in [5, 5.41) is 3.36. The average molecular weight is 400 g/mol. The van der Waals surface area contributed by atoms with Crippen LogP contribution >= 0.6 is 0 Å². The minimum absolute atomic E-state index is 0.0827. The number of imidazole rings is 1. The number of nitrogens with zero attached hydrogens (tertiary/aromatic N) is 5. The van der Waals surface area contributed by atoms with E-state index in [0.717, 1.165) is 65.9 Å². The van der Waals surface area contributed by atoms with Crippen molar-refractivity contribution in [3.05, 3.63) is 83.5 Å². The molecular weight excluding hydrogens is 376 g/mol. The molecule has 0 saturated carbocycles. The Morgan fingerprint density at radius 2 is 1.80 bits per heavy atom. The van der Waals surface area contributed by atoms with Gasteiger partial charge in [0.2, 0.25) is 0 Å². The van der Waals surface area contributed by atoms with Gasteiger partial charge in [-0.2, -0.15) is 0 Å². The lowest BCUT2D eigenvalue weighted by Gasteiger charge is -2.33. The summed E-state index contributed by atoms with van der Waals surface area (Å²) in [5.41, 5.74) is 6.06. The Balaban J connectivity index is 1.50. The highest BCUT2D eigenvalue weighted by molar-refractivity contribution is 5.99. The Morgan fingerprint density at radius 3 is 2.63 bits per heavy atom. The summed E-state index contributed by atoms with van der Waals surface area (Å²) in [6.07, 6.45) is 17.4. The van der Waals surface area contributed by atoms with Crippen LogP contribution in [0.15, 0.2) is 66.4 Å². The molecule has 3 aliphatic rings. The lowest BCUT2D eigenvalue weighted by molar-refractivity contribution is -0.122. The zero-order chi connectivity index (χ0) is 20.7. The molecule has 1 amide bonds. The number of aryl methyl sites for hydroxylation is 2. The van der Waals surface area contributed by atoms with Crippen molar-refractivity contribution in [2.75, 3.05) is 26.2 Å². The van der Waals surface area contributed by atoms with Crippen LogP contribution in [0.2, 0.25) is 0 Å². The molecule has 0 atom stereocenters. The summed E-state index contributed by atoms with van der Waals surface area (Å²) in [6.45, 7) is 7.69. The molecular formula is C23H24N6O. The van der Waals surface area contributed by atoms with Gasteiger partial charge in [-0.1, -0.05) is 12.2 Å². The first-order valence-corrected chi connectivity index (χ1v) is 10.2. The zero-order valence-corrected chi connectivity index (χ0v) is 17.2. The molecule has 0 radical (unpaired) electrons. The SMILES string of the molecule is Cc1cn2cc(C3=CC(=O)N4C=C(N5CCNCC5)C=C/C4=C\C=C3)nc2c(C)n1. The summed E-state index contributed by atoms with van der Waals surface area (Å²) in [6, 6.07) is 0. The second-order valence-corrected chi connectivity index (χ2v) is 7.71. The van der Waals surface area contributed by atoms with Gasteiger partial charge in [0.1, 0.15) is 0 Å². The Morgan fingerprint density at radius 1 is 1.00 bits per heavy atom. The summed E-state index contributed by atoms with van der Waals surface area (Å²) >= 11 is 0. The predicted octanol–water partition coefficient (Wildman–Crippen LogP) is 2.33. The molecule has 5 heterocycles. The average Bonchev–Trinajstić information content (AvgIpc) is 3.16. The number of carbonyl (C=O) groups excluding carboxylic acids is 1. The number of fused-ring (bicyclic) bond motifs is 2. The maximum atomic E-state index is 13.2. The minimum atomic E-state index is -0.0827. The number of piperazine rings is 1. The van der Waals surface area contributed by atoms with Crippen LogP contribution in [0.3, 0.4) is 0 Å². The highest BCUT2D eigenvalue weighted by Gasteiger charge is 2.22. The molecule has 0 unspecified atom stereocenters. The summed E-state index contributed by atoms with van der Waals surface area (Å²) in [5.74, 6) is -0.0827. The van der Waals surface area contributed by atoms with E-state index in [1.165, 1.54) is 0 Å². The van der Waals surface area contributed by atoms with Crippen LogP contribution in [-0.2, 0) is 4.79 Å². The van der Waals surface area contributed by atoms with Gasteiger partial charge in [0.15, 0.2) is 5.65 Å². The third-order valence-corrected chi connectivity index (χ3v) is 5.53. The van der Waals surface area contributed by atoms with Crippen LogP contribution in [0.4, 0.5) is 0 Å². The number of hydrogen-bond donors (Lipinski definition) is 1. The van der Waals surface area contributed by atoms with Crippen LogP contribution in [-0.4, -0.2) is 56.3 Å². The van der Waals surface area contributed by atoms with Gasteiger partial charge in [-0.05, 0) is 32.1 Å². The largest absolute Gasteiger partial charge is 0.368 e. The smallest absolute Gasteiger partial charge is 0.255 e. The Kier molecular flexibility index (Phi) is 4.59. The van der Waals surface area contributed by atoms with Crippen LogP contribution in [0.5, 0.6) is 0 Å². The molecule has 7 nitrogen and oxygen atoms in total. The van der Waals surface area contributed by atoms with Gasteiger partial charge in [0.05, 0.1) is 22.8 Å². The van der Waals surface area contributed by atoms with E-state index >= 15 is 0 Å². The van der Waals surface area contributed by atoms with E-state index in [1.54, 1.807) is 11.0 Å². The number of allylic oxidation sites excluding steroid dienone is 6. The van der Waals surface area contributed by atoms with Crippen LogP contribution in [0.25, 0.3) is 11.2 Å². The van der Waals surface area contributed by atoms with Crippen LogP contribution in [0.1, 0.15) is 17.1 Å². The van der Waals surface area contributed by atoms with Gasteiger partial charge in [0.25, 0.3) is 5.91 Å². The van der Waals surface area contributed by atoms with Crippen molar-refractivity contribution in [1.29, 1.82) is 0 Å². The minimum Gasteiger partial charge on any atom is -0.368 e. The van der Waals surface area contributed by atoms with Gasteiger partial charge in [-0.25, -0.2) is 4.98 Å². The standard InChI is InChI=1S/C23H24N6O/c1-16-13-28-15-21(26-23(28)17(2)25-16)18-4-3-5-19-6-7-20(14-29(19)22(30)12-18)27-10-8-24-9-11-27/h3-7,12-15,24H,8-11H2,1-2H3/b4-3?,18-12?,19-5+. The highest BCUT2D eigenvalue weighted by Crippen LogP contribution is 2.25. The third kappa shape index (κ3) is 3.37. The van der Waals surface area contributed by atoms with E-state index in [2.05, 4.69) is 21.3 Å². The molecule has 3 aliphatic heterocycles. The molecule has 0 spiro atoms. The lowest BCUT2D eigenvalue weighted by Crippen LogP contribution is -2.43. The number of aromatic nitrogens is 3. The molecule has 152 valence electrons. The van der Waals surface area contributed by atoms with Crippen molar-refractivity contribution in [3.8, 4) is 0 Å². The van der Waals surface area contributed by atoms with Gasteiger partial charge < -0.3 is 14.6 Å². The monoisotopic (exact) mass is 400 g/mol. The molecule has 0 aliphatic carbocycles. The van der Waals surface area contributed by atoms with E-state index in [1.807, 2.05) is 61.1 Å². The quantitative estimate of drug-likeness (QED) is 0.838. The van der Waals surface area contributed by atoms with Crippen LogP contribution < -0.4 is 5.32 Å². The van der Waals surface area contributed by atoms with E-state index in [9.17, 15) is 4.79 Å². The van der Waals surface area contributed by atoms with Crippen LogP contribution in [0, 0.1) is 13.8 Å². The van der Waals surface area contributed by atoms with E-state index in [4.69, 9.17) is 4.98 Å². The second-order valence-electron chi connectivity index (χ2n) is 7.71. The summed E-state index contributed by atoms with van der Waals surface area (Å²) in [4.78, 5) is 26.4. The lowest BCUT2D eigenvalue weighted by atomic mass is 10.1. The van der Waals surface area contributed by atoms with Crippen molar-refractivity contribution in [2.24, 2.45) is 0 Å². The Bertz CT molecular complexity index is 1170. The molecule has 7 heteroatoms. The fraction of sp³-hybridized carbons (Fsp3) is 0.261. The molecule has 2 aromatic heterocycles. The normalized spacial score (nSPS) is 21.0. The van der Waals surface area contributed by atoms with Crippen molar-refractivity contribution < 1.29 is 4.79 Å². The highest BCUT2D eigenvalue weighted by atomic mass is 16.2. The maximum Gasteiger partial charge on any atom is 0.255 e. The van der Waals surface area contributed by atoms with Gasteiger partial charge in [-0.3, -0.25) is 14.7 Å².